The van der Waals surface area contributed by atoms with E-state index in [9.17, 15) is 15.0 Å². The van der Waals surface area contributed by atoms with Crippen LogP contribution in [0.25, 0.3) is 0 Å². The van der Waals surface area contributed by atoms with Crippen LogP contribution in [0.15, 0.2) is 36.4 Å². The number of hydrogen-bond acceptors (Lipinski definition) is 6. The zero-order chi connectivity index (χ0) is 25.9. The monoisotopic (exact) mass is 516 g/mol. The van der Waals surface area contributed by atoms with Crippen molar-refractivity contribution in [3.63, 3.8) is 0 Å². The molecule has 0 radical (unpaired) electrons. The van der Waals surface area contributed by atoms with Crippen molar-refractivity contribution in [2.45, 2.75) is 64.2 Å². The Labute approximate surface area is 240 Å². The van der Waals surface area contributed by atoms with Gasteiger partial charge in [-0.3, -0.25) is 4.79 Å². The van der Waals surface area contributed by atoms with Crippen molar-refractivity contribution in [3.05, 3.63) is 64.5 Å². The minimum absolute atomic E-state index is 0. The van der Waals surface area contributed by atoms with Gasteiger partial charge in [-0.1, -0.05) is 39.0 Å². The van der Waals surface area contributed by atoms with Gasteiger partial charge in [0.05, 0.1) is 18.7 Å². The first-order valence-corrected chi connectivity index (χ1v) is 12.5. The standard InChI is InChI=1S/C28H36N4O4.Na.H/c1-28(2,3)20-8-10-24(33)23(16-20)19(15-26(34)35)14-22-17-25(32(4)31-22)36-13-11-21-9-7-18-6-5-12-29-27(18)30-21;;/h7-10,16-17,19,33H,5-6,11-15H2,1-4H3,(H,29,30)(H,34,35);;. The minimum atomic E-state index is -0.917. The van der Waals surface area contributed by atoms with Crippen LogP contribution in [-0.2, 0) is 36.5 Å². The molecule has 0 aliphatic carbocycles. The number of nitrogens with one attached hydrogen (secondary N) is 1. The van der Waals surface area contributed by atoms with Crippen LogP contribution in [0.3, 0.4) is 0 Å². The average Bonchev–Trinajstić information content (AvgIpc) is 3.16. The summed E-state index contributed by atoms with van der Waals surface area (Å²) in [6.45, 7) is 7.69. The van der Waals surface area contributed by atoms with Gasteiger partial charge in [0.15, 0.2) is 0 Å². The number of aryl methyl sites for hydroxylation is 2. The summed E-state index contributed by atoms with van der Waals surface area (Å²) < 4.78 is 7.66. The molecule has 37 heavy (non-hydrogen) atoms. The summed E-state index contributed by atoms with van der Waals surface area (Å²) in [6.07, 6.45) is 3.14. The van der Waals surface area contributed by atoms with E-state index >= 15 is 0 Å². The number of anilines is 1. The summed E-state index contributed by atoms with van der Waals surface area (Å²) in [5.41, 5.74) is 4.51. The quantitative estimate of drug-likeness (QED) is 0.370. The number of benzene rings is 1. The number of carbonyl (C=O) groups is 1. The Morgan fingerprint density at radius 1 is 1.19 bits per heavy atom. The molecular formula is C28H37N4NaO4. The van der Waals surface area contributed by atoms with E-state index in [4.69, 9.17) is 9.72 Å². The topological polar surface area (TPSA) is 110 Å². The second-order valence-electron chi connectivity index (χ2n) is 10.6. The van der Waals surface area contributed by atoms with Crippen LogP contribution in [0.2, 0.25) is 0 Å². The SMILES string of the molecule is Cn1nc(CC(CC(=O)O)c2cc(C(C)(C)C)ccc2O)cc1OCCc1ccc2c(n1)NCCC2.[NaH]. The fourth-order valence-electron chi connectivity index (χ4n) is 4.61. The third-order valence-electron chi connectivity index (χ3n) is 6.66. The van der Waals surface area contributed by atoms with Gasteiger partial charge < -0.3 is 20.3 Å². The van der Waals surface area contributed by atoms with Gasteiger partial charge >= 0.3 is 35.5 Å². The molecule has 1 aromatic carbocycles. The number of nitrogens with zero attached hydrogens (tertiary/aromatic N) is 3. The van der Waals surface area contributed by atoms with Crippen molar-refractivity contribution < 1.29 is 19.7 Å². The van der Waals surface area contributed by atoms with Crippen molar-refractivity contribution >= 4 is 41.3 Å². The van der Waals surface area contributed by atoms with Crippen molar-refractivity contribution in [2.24, 2.45) is 7.05 Å². The molecule has 0 saturated carbocycles. The maximum absolute atomic E-state index is 11.7. The van der Waals surface area contributed by atoms with Crippen molar-refractivity contribution in [1.82, 2.24) is 14.8 Å². The summed E-state index contributed by atoms with van der Waals surface area (Å²) >= 11 is 0. The van der Waals surface area contributed by atoms with E-state index < -0.39 is 11.9 Å². The zero-order valence-electron chi connectivity index (χ0n) is 21.5. The van der Waals surface area contributed by atoms with E-state index in [1.807, 2.05) is 25.2 Å². The second kappa shape index (κ2) is 12.3. The van der Waals surface area contributed by atoms with Crippen LogP contribution in [0, 0.1) is 0 Å². The predicted octanol–water partition coefficient (Wildman–Crippen LogP) is 3.95. The summed E-state index contributed by atoms with van der Waals surface area (Å²) in [6, 6.07) is 11.5. The van der Waals surface area contributed by atoms with Gasteiger partial charge in [0.2, 0.25) is 5.88 Å². The number of aromatic nitrogens is 3. The van der Waals surface area contributed by atoms with Crippen LogP contribution in [-0.4, -0.2) is 73.7 Å². The van der Waals surface area contributed by atoms with E-state index in [0.717, 1.165) is 42.2 Å². The molecule has 0 bridgehead atoms. The molecule has 194 valence electrons. The first kappa shape index (κ1) is 29.0. The first-order chi connectivity index (χ1) is 17.1. The molecule has 4 rings (SSSR count). The number of aliphatic carboxylic acids is 1. The molecule has 3 N–H and O–H groups in total. The second-order valence-corrected chi connectivity index (χ2v) is 10.6. The van der Waals surface area contributed by atoms with E-state index in [2.05, 4.69) is 43.3 Å². The first-order valence-electron chi connectivity index (χ1n) is 12.5. The Kier molecular flexibility index (Phi) is 9.67. The molecule has 1 aliphatic heterocycles. The number of rotatable bonds is 9. The molecule has 0 fully saturated rings. The molecule has 3 heterocycles. The van der Waals surface area contributed by atoms with Crippen LogP contribution in [0.1, 0.15) is 67.6 Å². The maximum atomic E-state index is 11.7. The molecule has 8 nitrogen and oxygen atoms in total. The molecule has 1 unspecified atom stereocenters. The Morgan fingerprint density at radius 2 is 1.97 bits per heavy atom. The van der Waals surface area contributed by atoms with E-state index in [1.54, 1.807) is 10.7 Å². The van der Waals surface area contributed by atoms with Gasteiger partial charge in [-0.15, -0.1) is 0 Å². The van der Waals surface area contributed by atoms with Gasteiger partial charge in [-0.25, -0.2) is 9.67 Å². The van der Waals surface area contributed by atoms with E-state index in [1.165, 1.54) is 5.56 Å². The number of fused-ring (bicyclic) bond motifs is 1. The number of aromatic hydroxyl groups is 1. The van der Waals surface area contributed by atoms with Crippen molar-refractivity contribution in [1.29, 1.82) is 0 Å². The number of phenolic OH excluding ortho intramolecular Hbond substituents is 1. The summed E-state index contributed by atoms with van der Waals surface area (Å²) in [5, 5.41) is 28.0. The van der Waals surface area contributed by atoms with Crippen molar-refractivity contribution in [3.8, 4) is 11.6 Å². The molecule has 2 aromatic heterocycles. The molecule has 9 heteroatoms. The molecule has 1 aliphatic rings. The van der Waals surface area contributed by atoms with Gasteiger partial charge in [0.25, 0.3) is 0 Å². The molecular weight excluding hydrogens is 479 g/mol. The molecule has 3 aromatic rings. The molecule has 0 saturated heterocycles. The van der Waals surface area contributed by atoms with Gasteiger partial charge in [0.1, 0.15) is 11.6 Å². The Balaban J connectivity index is 0.00000380. The number of phenols is 1. The van der Waals surface area contributed by atoms with Crippen LogP contribution >= 0.6 is 0 Å². The number of hydrogen-bond donors (Lipinski definition) is 3. The van der Waals surface area contributed by atoms with Crippen LogP contribution in [0.4, 0.5) is 5.82 Å². The number of pyridine rings is 1. The third-order valence-corrected chi connectivity index (χ3v) is 6.66. The third kappa shape index (κ3) is 7.49. The van der Waals surface area contributed by atoms with Gasteiger partial charge in [-0.2, -0.15) is 5.10 Å². The Morgan fingerprint density at radius 3 is 2.70 bits per heavy atom. The number of carboxylic acid groups (broad SMARTS) is 1. The summed E-state index contributed by atoms with van der Waals surface area (Å²) in [5.74, 6) is 0.362. The predicted molar refractivity (Wildman–Crippen MR) is 146 cm³/mol. The fourth-order valence-corrected chi connectivity index (χ4v) is 4.61. The molecule has 1 atom stereocenters. The number of carboxylic acids is 1. The van der Waals surface area contributed by atoms with Crippen LogP contribution < -0.4 is 10.1 Å². The summed E-state index contributed by atoms with van der Waals surface area (Å²) in [4.78, 5) is 16.4. The molecule has 0 spiro atoms. The number of ether oxygens (including phenoxy) is 1. The van der Waals surface area contributed by atoms with Crippen molar-refractivity contribution in [2.75, 3.05) is 18.5 Å². The van der Waals surface area contributed by atoms with E-state index in [0.29, 0.717) is 30.9 Å². The molecule has 0 amide bonds. The normalized spacial score (nSPS) is 13.7. The van der Waals surface area contributed by atoms with E-state index in [-0.39, 0.29) is 47.1 Å². The average molecular weight is 517 g/mol. The fraction of sp³-hybridized carbons (Fsp3) is 0.464. The Hall–Kier alpha value is -2.55. The van der Waals surface area contributed by atoms with Gasteiger partial charge in [-0.05, 0) is 53.5 Å². The Bertz CT molecular complexity index is 1240. The summed E-state index contributed by atoms with van der Waals surface area (Å²) in [7, 11) is 1.81. The zero-order valence-corrected chi connectivity index (χ0v) is 21.5. The van der Waals surface area contributed by atoms with Crippen LogP contribution in [0.5, 0.6) is 11.6 Å². The van der Waals surface area contributed by atoms with Gasteiger partial charge in [0, 0.05) is 37.7 Å².